The second kappa shape index (κ2) is 9.21. The highest BCUT2D eigenvalue weighted by Crippen LogP contribution is 2.25. The van der Waals surface area contributed by atoms with Gasteiger partial charge in [0, 0.05) is 22.9 Å². The lowest BCUT2D eigenvalue weighted by Gasteiger charge is -2.07. The van der Waals surface area contributed by atoms with Crippen LogP contribution in [0.15, 0.2) is 67.0 Å². The molecule has 0 aliphatic heterocycles. The summed E-state index contributed by atoms with van der Waals surface area (Å²) in [5.41, 5.74) is 2.06. The molecule has 2 N–H and O–H groups in total. The van der Waals surface area contributed by atoms with Gasteiger partial charge in [0.2, 0.25) is 11.8 Å². The third-order valence-electron chi connectivity index (χ3n) is 3.68. The number of amides is 2. The smallest absolute Gasteiger partial charge is 0.244 e. The number of para-hydroxylation sites is 1. The summed E-state index contributed by atoms with van der Waals surface area (Å²) in [4.78, 5) is 23.9. The summed E-state index contributed by atoms with van der Waals surface area (Å²) >= 11 is 11.9. The molecule has 0 saturated carbocycles. The van der Waals surface area contributed by atoms with E-state index in [0.29, 0.717) is 15.7 Å². The van der Waals surface area contributed by atoms with E-state index in [1.54, 1.807) is 35.3 Å². The third kappa shape index (κ3) is 5.45. The van der Waals surface area contributed by atoms with E-state index in [2.05, 4.69) is 15.7 Å². The minimum atomic E-state index is -0.414. The van der Waals surface area contributed by atoms with E-state index in [4.69, 9.17) is 23.2 Å². The number of carbonyl (C=O) groups is 2. The maximum absolute atomic E-state index is 11.9. The van der Waals surface area contributed by atoms with Crippen LogP contribution in [0.25, 0.3) is 11.8 Å². The van der Waals surface area contributed by atoms with Crippen LogP contribution >= 0.6 is 23.2 Å². The second-order valence-corrected chi connectivity index (χ2v) is 6.62. The number of benzene rings is 2. The molecule has 0 spiro atoms. The van der Waals surface area contributed by atoms with Gasteiger partial charge in [-0.3, -0.25) is 9.59 Å². The van der Waals surface area contributed by atoms with E-state index >= 15 is 0 Å². The quantitative estimate of drug-likeness (QED) is 0.599. The monoisotopic (exact) mass is 414 g/mol. The predicted octanol–water partition coefficient (Wildman–Crippen LogP) is 3.95. The molecule has 0 radical (unpaired) electrons. The highest BCUT2D eigenvalue weighted by Gasteiger charge is 2.07. The van der Waals surface area contributed by atoms with Crippen molar-refractivity contribution in [1.82, 2.24) is 15.1 Å². The van der Waals surface area contributed by atoms with Gasteiger partial charge in [0.15, 0.2) is 0 Å². The van der Waals surface area contributed by atoms with Gasteiger partial charge < -0.3 is 10.6 Å². The number of hydrogen-bond acceptors (Lipinski definition) is 3. The minimum Gasteiger partial charge on any atom is -0.343 e. The van der Waals surface area contributed by atoms with Gasteiger partial charge in [-0.25, -0.2) is 4.68 Å². The molecule has 0 saturated heterocycles. The topological polar surface area (TPSA) is 76.0 Å². The van der Waals surface area contributed by atoms with Crippen LogP contribution in [0.2, 0.25) is 10.0 Å². The Morgan fingerprint density at radius 3 is 2.68 bits per heavy atom. The number of nitrogens with one attached hydrogen (secondary N) is 2. The van der Waals surface area contributed by atoms with Crippen molar-refractivity contribution in [2.45, 2.75) is 0 Å². The molecule has 3 aromatic rings. The van der Waals surface area contributed by atoms with E-state index in [1.165, 1.54) is 12.1 Å². The second-order valence-electron chi connectivity index (χ2n) is 5.78. The zero-order chi connectivity index (χ0) is 19.9. The Morgan fingerprint density at radius 2 is 1.89 bits per heavy atom. The average molecular weight is 415 g/mol. The normalized spacial score (nSPS) is 10.8. The van der Waals surface area contributed by atoms with Gasteiger partial charge in [0.1, 0.15) is 0 Å². The van der Waals surface area contributed by atoms with Crippen molar-refractivity contribution in [1.29, 1.82) is 0 Å². The van der Waals surface area contributed by atoms with Crippen LogP contribution in [0, 0.1) is 0 Å². The van der Waals surface area contributed by atoms with E-state index in [-0.39, 0.29) is 6.54 Å². The molecular formula is C20H16Cl2N4O2. The molecule has 1 aromatic heterocycles. The number of halogens is 2. The van der Waals surface area contributed by atoms with E-state index in [1.807, 2.05) is 30.3 Å². The molecule has 0 fully saturated rings. The Kier molecular flexibility index (Phi) is 6.47. The van der Waals surface area contributed by atoms with E-state index < -0.39 is 11.8 Å². The zero-order valence-corrected chi connectivity index (χ0v) is 16.1. The van der Waals surface area contributed by atoms with Gasteiger partial charge >= 0.3 is 0 Å². The lowest BCUT2D eigenvalue weighted by Crippen LogP contribution is -2.31. The van der Waals surface area contributed by atoms with Crippen LogP contribution in [-0.2, 0) is 9.59 Å². The van der Waals surface area contributed by atoms with Crippen molar-refractivity contribution in [2.75, 3.05) is 11.9 Å². The Labute approximate surface area is 171 Å². The average Bonchev–Trinajstić information content (AvgIpc) is 3.17. The summed E-state index contributed by atoms with van der Waals surface area (Å²) in [6, 6.07) is 14.4. The number of aromatic nitrogens is 2. The highest BCUT2D eigenvalue weighted by molar-refractivity contribution is 6.35. The molecule has 142 valence electrons. The van der Waals surface area contributed by atoms with Crippen molar-refractivity contribution in [3.63, 3.8) is 0 Å². The molecule has 8 heteroatoms. The maximum Gasteiger partial charge on any atom is 0.244 e. The summed E-state index contributed by atoms with van der Waals surface area (Å²) in [5, 5.41) is 10.2. The first-order chi connectivity index (χ1) is 13.5. The molecule has 28 heavy (non-hydrogen) atoms. The zero-order valence-electron chi connectivity index (χ0n) is 14.6. The third-order valence-corrected chi connectivity index (χ3v) is 4.24. The van der Waals surface area contributed by atoms with Crippen LogP contribution in [0.5, 0.6) is 0 Å². The van der Waals surface area contributed by atoms with E-state index in [0.717, 1.165) is 11.3 Å². The predicted molar refractivity (Wildman–Crippen MR) is 111 cm³/mol. The Hall–Kier alpha value is -3.09. The van der Waals surface area contributed by atoms with Gasteiger partial charge in [-0.1, -0.05) is 41.4 Å². The van der Waals surface area contributed by atoms with E-state index in [9.17, 15) is 9.59 Å². The minimum absolute atomic E-state index is 0.199. The molecular weight excluding hydrogens is 399 g/mol. The first kappa shape index (κ1) is 19.7. The van der Waals surface area contributed by atoms with Crippen LogP contribution < -0.4 is 10.6 Å². The summed E-state index contributed by atoms with van der Waals surface area (Å²) in [6.07, 6.45) is 6.40. The molecule has 2 aromatic carbocycles. The van der Waals surface area contributed by atoms with Crippen LogP contribution in [-0.4, -0.2) is 28.1 Å². The van der Waals surface area contributed by atoms with Crippen molar-refractivity contribution in [3.05, 3.63) is 82.6 Å². The standard InChI is InChI=1S/C20H16Cl2N4O2/c21-15-7-8-17(22)18(10-15)25-20(28)12-23-19(27)9-6-14-11-24-26(13-14)16-4-2-1-3-5-16/h1-11,13H,12H2,(H,23,27)(H,25,28)/b9-6+. The van der Waals surface area contributed by atoms with Gasteiger partial charge in [-0.2, -0.15) is 5.10 Å². The summed E-state index contributed by atoms with van der Waals surface area (Å²) in [6.45, 7) is -0.199. The first-order valence-electron chi connectivity index (χ1n) is 8.32. The molecule has 0 aliphatic rings. The van der Waals surface area contributed by atoms with Gasteiger partial charge in [0.25, 0.3) is 0 Å². The van der Waals surface area contributed by atoms with Crippen molar-refractivity contribution < 1.29 is 9.59 Å². The number of nitrogens with zero attached hydrogens (tertiary/aromatic N) is 2. The SMILES string of the molecule is O=C(/C=C/c1cnn(-c2ccccc2)c1)NCC(=O)Nc1cc(Cl)ccc1Cl. The highest BCUT2D eigenvalue weighted by atomic mass is 35.5. The lowest BCUT2D eigenvalue weighted by molar-refractivity contribution is -0.121. The summed E-state index contributed by atoms with van der Waals surface area (Å²) in [5.74, 6) is -0.817. The van der Waals surface area contributed by atoms with Crippen molar-refractivity contribution in [2.24, 2.45) is 0 Å². The Bertz CT molecular complexity index is 1020. The fourth-order valence-corrected chi connectivity index (χ4v) is 2.67. The Morgan fingerprint density at radius 1 is 1.11 bits per heavy atom. The number of hydrogen-bond donors (Lipinski definition) is 2. The Balaban J connectivity index is 1.51. The summed E-state index contributed by atoms with van der Waals surface area (Å²) < 4.78 is 1.71. The fourth-order valence-electron chi connectivity index (χ4n) is 2.33. The molecule has 0 bridgehead atoms. The number of carbonyl (C=O) groups excluding carboxylic acids is 2. The number of anilines is 1. The largest absolute Gasteiger partial charge is 0.343 e. The number of rotatable bonds is 6. The molecule has 1 heterocycles. The van der Waals surface area contributed by atoms with Crippen LogP contribution in [0.3, 0.4) is 0 Å². The fraction of sp³-hybridized carbons (Fsp3) is 0.0500. The van der Waals surface area contributed by atoms with Crippen molar-refractivity contribution >= 4 is 46.8 Å². The van der Waals surface area contributed by atoms with Crippen molar-refractivity contribution in [3.8, 4) is 5.69 Å². The van der Waals surface area contributed by atoms with Crippen LogP contribution in [0.1, 0.15) is 5.56 Å². The molecule has 0 atom stereocenters. The van der Waals surface area contributed by atoms with Gasteiger partial charge in [-0.15, -0.1) is 0 Å². The summed E-state index contributed by atoms with van der Waals surface area (Å²) in [7, 11) is 0. The molecule has 6 nitrogen and oxygen atoms in total. The maximum atomic E-state index is 11.9. The molecule has 2 amide bonds. The van der Waals surface area contributed by atoms with Gasteiger partial charge in [0.05, 0.1) is 29.1 Å². The van der Waals surface area contributed by atoms with Crippen LogP contribution in [0.4, 0.5) is 5.69 Å². The lowest BCUT2D eigenvalue weighted by atomic mass is 10.3. The molecule has 0 unspecified atom stereocenters. The molecule has 3 rings (SSSR count). The first-order valence-corrected chi connectivity index (χ1v) is 9.08. The van der Waals surface area contributed by atoms with Gasteiger partial charge in [-0.05, 0) is 36.4 Å². The molecule has 0 aliphatic carbocycles.